The van der Waals surface area contributed by atoms with E-state index in [1.165, 1.54) is 12.1 Å². The molecule has 1 N–H and O–H groups in total. The van der Waals surface area contributed by atoms with Crippen molar-refractivity contribution in [2.45, 2.75) is 11.8 Å². The average molecular weight is 386 g/mol. The Morgan fingerprint density at radius 3 is 2.23 bits per heavy atom. The molecule has 0 amide bonds. The zero-order chi connectivity index (χ0) is 18.5. The summed E-state index contributed by atoms with van der Waals surface area (Å²) in [6.07, 6.45) is 0. The molecular formula is C21H14ClF2NS. The minimum absolute atomic E-state index is 0.224. The maximum atomic E-state index is 14.3. The van der Waals surface area contributed by atoms with Crippen LogP contribution in [0, 0.1) is 30.4 Å². The van der Waals surface area contributed by atoms with Crippen molar-refractivity contribution >= 4 is 29.2 Å². The predicted molar refractivity (Wildman–Crippen MR) is 104 cm³/mol. The number of halogens is 3. The van der Waals surface area contributed by atoms with Crippen molar-refractivity contribution in [1.82, 2.24) is 0 Å². The van der Waals surface area contributed by atoms with Gasteiger partial charge in [0.25, 0.3) is 0 Å². The Kier molecular flexibility index (Phi) is 5.82. The zero-order valence-electron chi connectivity index (χ0n) is 13.8. The highest BCUT2D eigenvalue weighted by molar-refractivity contribution is 8.00. The number of aryl methyl sites for hydroxylation is 1. The van der Waals surface area contributed by atoms with Crippen molar-refractivity contribution in [2.75, 3.05) is 4.72 Å². The standard InChI is InChI=1S/C21H14ClF2NS/c1-14-6-5-9-19(20(14)22)26-25-21-17(23)12-16(13-18(21)24)11-10-15-7-3-2-4-8-15/h2-9,12-13,25H,1H3. The van der Waals surface area contributed by atoms with Crippen molar-refractivity contribution in [3.05, 3.63) is 94.0 Å². The first-order chi connectivity index (χ1) is 12.5. The van der Waals surface area contributed by atoms with Crippen LogP contribution in [0.15, 0.2) is 65.6 Å². The van der Waals surface area contributed by atoms with Crippen molar-refractivity contribution in [2.24, 2.45) is 0 Å². The molecule has 0 spiro atoms. The smallest absolute Gasteiger partial charge is 0.151 e. The van der Waals surface area contributed by atoms with Gasteiger partial charge in [-0.25, -0.2) is 8.78 Å². The molecule has 26 heavy (non-hydrogen) atoms. The quantitative estimate of drug-likeness (QED) is 0.411. The van der Waals surface area contributed by atoms with E-state index in [0.717, 1.165) is 23.1 Å². The van der Waals surface area contributed by atoms with E-state index in [9.17, 15) is 8.78 Å². The van der Waals surface area contributed by atoms with E-state index in [2.05, 4.69) is 16.6 Å². The molecule has 3 aromatic carbocycles. The molecule has 0 aliphatic rings. The van der Waals surface area contributed by atoms with Crippen molar-refractivity contribution < 1.29 is 8.78 Å². The Morgan fingerprint density at radius 1 is 0.885 bits per heavy atom. The molecule has 130 valence electrons. The van der Waals surface area contributed by atoms with Crippen LogP contribution >= 0.6 is 23.5 Å². The van der Waals surface area contributed by atoms with Crippen molar-refractivity contribution in [3.8, 4) is 11.8 Å². The summed E-state index contributed by atoms with van der Waals surface area (Å²) in [5, 5.41) is 0.552. The van der Waals surface area contributed by atoms with E-state index in [-0.39, 0.29) is 11.3 Å². The Labute approximate surface area is 160 Å². The molecule has 0 saturated carbocycles. The molecule has 3 aromatic rings. The van der Waals surface area contributed by atoms with Crippen LogP contribution in [-0.4, -0.2) is 0 Å². The number of benzene rings is 3. The van der Waals surface area contributed by atoms with Gasteiger partial charge in [0.2, 0.25) is 0 Å². The lowest BCUT2D eigenvalue weighted by molar-refractivity contribution is 0.591. The Bertz CT molecular complexity index is 971. The lowest BCUT2D eigenvalue weighted by Gasteiger charge is -2.10. The Balaban J connectivity index is 1.80. The highest BCUT2D eigenvalue weighted by Gasteiger charge is 2.12. The number of rotatable bonds is 3. The third-order valence-electron chi connectivity index (χ3n) is 3.59. The summed E-state index contributed by atoms with van der Waals surface area (Å²) >= 11 is 7.26. The van der Waals surface area contributed by atoms with Crippen LogP contribution in [0.25, 0.3) is 0 Å². The predicted octanol–water partition coefficient (Wildman–Crippen LogP) is 6.45. The van der Waals surface area contributed by atoms with Crippen LogP contribution in [0.5, 0.6) is 0 Å². The van der Waals surface area contributed by atoms with Gasteiger partial charge in [-0.2, -0.15) is 0 Å². The number of nitrogens with one attached hydrogen (secondary N) is 1. The fourth-order valence-electron chi connectivity index (χ4n) is 2.21. The maximum Gasteiger partial charge on any atom is 0.151 e. The summed E-state index contributed by atoms with van der Waals surface area (Å²) < 4.78 is 31.3. The molecule has 0 radical (unpaired) electrons. The third kappa shape index (κ3) is 4.37. The van der Waals surface area contributed by atoms with Gasteiger partial charge in [-0.3, -0.25) is 0 Å². The molecule has 0 aliphatic carbocycles. The van der Waals surface area contributed by atoms with Crippen molar-refractivity contribution in [3.63, 3.8) is 0 Å². The summed E-state index contributed by atoms with van der Waals surface area (Å²) in [5.41, 5.74) is 1.72. The molecule has 0 aliphatic heterocycles. The highest BCUT2D eigenvalue weighted by Crippen LogP contribution is 2.32. The highest BCUT2D eigenvalue weighted by atomic mass is 35.5. The molecule has 5 heteroatoms. The maximum absolute atomic E-state index is 14.3. The third-order valence-corrected chi connectivity index (χ3v) is 5.07. The first-order valence-corrected chi connectivity index (χ1v) is 8.98. The van der Waals surface area contributed by atoms with E-state index in [0.29, 0.717) is 9.92 Å². The summed E-state index contributed by atoms with van der Waals surface area (Å²) in [6, 6.07) is 17.1. The van der Waals surface area contributed by atoms with Gasteiger partial charge in [-0.1, -0.05) is 53.8 Å². The van der Waals surface area contributed by atoms with Gasteiger partial charge in [0, 0.05) is 16.0 Å². The van der Waals surface area contributed by atoms with E-state index >= 15 is 0 Å². The molecule has 0 aromatic heterocycles. The van der Waals surface area contributed by atoms with Crippen LogP contribution in [0.1, 0.15) is 16.7 Å². The van der Waals surface area contributed by atoms with E-state index < -0.39 is 11.6 Å². The monoisotopic (exact) mass is 385 g/mol. The fraction of sp³-hybridized carbons (Fsp3) is 0.0476. The lowest BCUT2D eigenvalue weighted by Crippen LogP contribution is -1.97. The second-order valence-electron chi connectivity index (χ2n) is 5.52. The molecule has 0 bridgehead atoms. The second-order valence-corrected chi connectivity index (χ2v) is 6.75. The molecule has 0 saturated heterocycles. The largest absolute Gasteiger partial charge is 0.321 e. The van der Waals surface area contributed by atoms with Crippen LogP contribution in [0.3, 0.4) is 0 Å². The van der Waals surface area contributed by atoms with Gasteiger partial charge in [0.15, 0.2) is 11.6 Å². The SMILES string of the molecule is Cc1cccc(SNc2c(F)cc(C#Cc3ccccc3)cc2F)c1Cl. The molecule has 0 atom stereocenters. The van der Waals surface area contributed by atoms with Gasteiger partial charge in [-0.15, -0.1) is 0 Å². The summed E-state index contributed by atoms with van der Waals surface area (Å²) in [7, 11) is 0. The van der Waals surface area contributed by atoms with Crippen LogP contribution in [0.2, 0.25) is 5.02 Å². The first kappa shape index (κ1) is 18.3. The summed E-state index contributed by atoms with van der Waals surface area (Å²) in [6.45, 7) is 1.87. The molecule has 1 nitrogen and oxygen atoms in total. The topological polar surface area (TPSA) is 12.0 Å². The minimum Gasteiger partial charge on any atom is -0.321 e. The summed E-state index contributed by atoms with van der Waals surface area (Å²) in [4.78, 5) is 0.693. The Morgan fingerprint density at radius 2 is 1.54 bits per heavy atom. The zero-order valence-corrected chi connectivity index (χ0v) is 15.4. The fourth-order valence-corrected chi connectivity index (χ4v) is 3.26. The van der Waals surface area contributed by atoms with Gasteiger partial charge >= 0.3 is 0 Å². The number of hydrogen-bond donors (Lipinski definition) is 1. The van der Waals surface area contributed by atoms with Gasteiger partial charge in [0.05, 0.1) is 5.02 Å². The molecular weight excluding hydrogens is 372 g/mol. The van der Waals surface area contributed by atoms with E-state index in [1.54, 1.807) is 6.07 Å². The average Bonchev–Trinajstić information content (AvgIpc) is 2.63. The number of anilines is 1. The van der Waals surface area contributed by atoms with Crippen LogP contribution < -0.4 is 4.72 Å². The van der Waals surface area contributed by atoms with Gasteiger partial charge in [0.1, 0.15) is 5.69 Å². The molecule has 0 fully saturated rings. The molecule has 0 unspecified atom stereocenters. The van der Waals surface area contributed by atoms with E-state index in [4.69, 9.17) is 11.6 Å². The molecule has 3 rings (SSSR count). The first-order valence-electron chi connectivity index (χ1n) is 7.78. The summed E-state index contributed by atoms with van der Waals surface area (Å²) in [5.74, 6) is 4.24. The van der Waals surface area contributed by atoms with Gasteiger partial charge < -0.3 is 4.72 Å². The van der Waals surface area contributed by atoms with E-state index in [1.807, 2.05) is 49.4 Å². The normalized spacial score (nSPS) is 10.2. The van der Waals surface area contributed by atoms with Gasteiger partial charge in [-0.05, 0) is 54.8 Å². The minimum atomic E-state index is -0.710. The lowest BCUT2D eigenvalue weighted by atomic mass is 10.1. The van der Waals surface area contributed by atoms with Crippen LogP contribution in [0.4, 0.5) is 14.5 Å². The Hall–Kier alpha value is -2.48. The van der Waals surface area contributed by atoms with Crippen LogP contribution in [-0.2, 0) is 0 Å². The second kappa shape index (κ2) is 8.27. The van der Waals surface area contributed by atoms with Crippen molar-refractivity contribution in [1.29, 1.82) is 0 Å². The number of hydrogen-bond acceptors (Lipinski definition) is 2. The molecule has 0 heterocycles.